The smallest absolute Gasteiger partial charge is 0.225 e. The van der Waals surface area contributed by atoms with Gasteiger partial charge in [-0.05, 0) is 49.9 Å². The third-order valence-electron chi connectivity index (χ3n) is 5.02. The van der Waals surface area contributed by atoms with Crippen molar-refractivity contribution in [3.8, 4) is 0 Å². The zero-order valence-electron chi connectivity index (χ0n) is 10.3. The van der Waals surface area contributed by atoms with Gasteiger partial charge in [0.2, 0.25) is 5.91 Å². The maximum Gasteiger partial charge on any atom is 0.225 e. The van der Waals surface area contributed by atoms with Gasteiger partial charge in [-0.25, -0.2) is 0 Å². The standard InChI is InChI=1S/C14H23NO/c1-10-3-2-6-15(9-10)14(16)13-8-11-4-5-12(13)7-11/h10-13H,2-9H2,1H3. The van der Waals surface area contributed by atoms with Gasteiger partial charge < -0.3 is 4.90 Å². The number of hydrogen-bond donors (Lipinski definition) is 0. The van der Waals surface area contributed by atoms with Crippen LogP contribution in [0.15, 0.2) is 0 Å². The lowest BCUT2D eigenvalue weighted by atomic mass is 9.87. The molecule has 0 spiro atoms. The third-order valence-corrected chi connectivity index (χ3v) is 5.02. The fourth-order valence-electron chi connectivity index (χ4n) is 4.17. The second-order valence-corrected chi connectivity index (χ2v) is 6.31. The Hall–Kier alpha value is -0.530. The summed E-state index contributed by atoms with van der Waals surface area (Å²) in [4.78, 5) is 14.6. The number of rotatable bonds is 1. The van der Waals surface area contributed by atoms with E-state index in [1.54, 1.807) is 0 Å². The summed E-state index contributed by atoms with van der Waals surface area (Å²) >= 11 is 0. The van der Waals surface area contributed by atoms with Crippen molar-refractivity contribution in [1.82, 2.24) is 4.90 Å². The molecule has 0 radical (unpaired) electrons. The number of piperidine rings is 1. The second kappa shape index (κ2) is 4.05. The Bertz CT molecular complexity index is 288. The van der Waals surface area contributed by atoms with Crippen LogP contribution in [0.25, 0.3) is 0 Å². The minimum atomic E-state index is 0.407. The molecule has 2 heteroatoms. The molecule has 0 aromatic rings. The molecule has 0 aromatic carbocycles. The number of hydrogen-bond acceptors (Lipinski definition) is 1. The number of amides is 1. The first-order chi connectivity index (χ1) is 7.74. The molecular formula is C14H23NO. The Labute approximate surface area is 98.4 Å². The molecule has 4 unspecified atom stereocenters. The molecule has 0 N–H and O–H groups in total. The van der Waals surface area contributed by atoms with E-state index in [0.29, 0.717) is 11.8 Å². The Kier molecular flexibility index (Phi) is 2.68. The van der Waals surface area contributed by atoms with E-state index in [4.69, 9.17) is 0 Å². The average Bonchev–Trinajstić information content (AvgIpc) is 2.89. The number of nitrogens with zero attached hydrogens (tertiary/aromatic N) is 1. The molecular weight excluding hydrogens is 198 g/mol. The average molecular weight is 221 g/mol. The number of fused-ring (bicyclic) bond motifs is 2. The van der Waals surface area contributed by atoms with E-state index in [-0.39, 0.29) is 0 Å². The summed E-state index contributed by atoms with van der Waals surface area (Å²) in [5.41, 5.74) is 0. The van der Waals surface area contributed by atoms with E-state index in [1.165, 1.54) is 38.5 Å². The fourth-order valence-corrected chi connectivity index (χ4v) is 4.17. The molecule has 2 aliphatic carbocycles. The van der Waals surface area contributed by atoms with Crippen molar-refractivity contribution in [3.05, 3.63) is 0 Å². The van der Waals surface area contributed by atoms with Gasteiger partial charge in [-0.3, -0.25) is 4.79 Å². The van der Waals surface area contributed by atoms with Crippen molar-refractivity contribution in [2.45, 2.75) is 45.4 Å². The van der Waals surface area contributed by atoms with Crippen LogP contribution in [0, 0.1) is 23.7 Å². The summed E-state index contributed by atoms with van der Waals surface area (Å²) in [6.45, 7) is 4.32. The van der Waals surface area contributed by atoms with Gasteiger partial charge in [-0.2, -0.15) is 0 Å². The lowest BCUT2D eigenvalue weighted by Gasteiger charge is -2.34. The van der Waals surface area contributed by atoms with Crippen molar-refractivity contribution in [2.24, 2.45) is 23.7 Å². The van der Waals surface area contributed by atoms with Crippen LogP contribution < -0.4 is 0 Å². The highest BCUT2D eigenvalue weighted by atomic mass is 16.2. The van der Waals surface area contributed by atoms with Crippen LogP contribution in [0.1, 0.15) is 45.4 Å². The van der Waals surface area contributed by atoms with Crippen LogP contribution in [0.5, 0.6) is 0 Å². The lowest BCUT2D eigenvalue weighted by molar-refractivity contribution is -0.139. The maximum absolute atomic E-state index is 12.5. The Morgan fingerprint density at radius 2 is 2.06 bits per heavy atom. The summed E-state index contributed by atoms with van der Waals surface area (Å²) < 4.78 is 0. The van der Waals surface area contributed by atoms with Crippen LogP contribution in [-0.2, 0) is 4.79 Å². The van der Waals surface area contributed by atoms with Crippen molar-refractivity contribution in [2.75, 3.05) is 13.1 Å². The summed E-state index contributed by atoms with van der Waals surface area (Å²) in [6.07, 6.45) is 7.79. The van der Waals surface area contributed by atoms with Crippen LogP contribution >= 0.6 is 0 Å². The first-order valence-corrected chi connectivity index (χ1v) is 7.03. The molecule has 1 saturated heterocycles. The number of carbonyl (C=O) groups is 1. The molecule has 1 amide bonds. The molecule has 2 bridgehead atoms. The first-order valence-electron chi connectivity index (χ1n) is 7.03. The number of carbonyl (C=O) groups excluding carboxylic acids is 1. The summed E-state index contributed by atoms with van der Waals surface area (Å²) in [5, 5.41) is 0. The van der Waals surface area contributed by atoms with Crippen molar-refractivity contribution < 1.29 is 4.79 Å². The molecule has 16 heavy (non-hydrogen) atoms. The second-order valence-electron chi connectivity index (χ2n) is 6.31. The predicted molar refractivity (Wildman–Crippen MR) is 63.9 cm³/mol. The van der Waals surface area contributed by atoms with Gasteiger partial charge in [0, 0.05) is 19.0 Å². The number of likely N-dealkylation sites (tertiary alicyclic amines) is 1. The van der Waals surface area contributed by atoms with Gasteiger partial charge in [0.1, 0.15) is 0 Å². The summed E-state index contributed by atoms with van der Waals surface area (Å²) in [6, 6.07) is 0. The van der Waals surface area contributed by atoms with Crippen LogP contribution in [-0.4, -0.2) is 23.9 Å². The molecule has 3 rings (SSSR count). The Morgan fingerprint density at radius 3 is 2.69 bits per heavy atom. The van der Waals surface area contributed by atoms with Crippen LogP contribution in [0.2, 0.25) is 0 Å². The summed E-state index contributed by atoms with van der Waals surface area (Å²) in [7, 11) is 0. The normalized spacial score (nSPS) is 42.7. The largest absolute Gasteiger partial charge is 0.342 e. The molecule has 1 heterocycles. The van der Waals surface area contributed by atoms with Crippen molar-refractivity contribution in [1.29, 1.82) is 0 Å². The highest BCUT2D eigenvalue weighted by Crippen LogP contribution is 2.49. The molecule has 4 atom stereocenters. The quantitative estimate of drug-likeness (QED) is 0.666. The molecule has 2 nitrogen and oxygen atoms in total. The molecule has 1 aliphatic heterocycles. The molecule has 2 saturated carbocycles. The van der Waals surface area contributed by atoms with E-state index in [1.807, 2.05) is 0 Å². The molecule has 0 aromatic heterocycles. The summed E-state index contributed by atoms with van der Waals surface area (Å²) in [5.74, 6) is 3.26. The van der Waals surface area contributed by atoms with Gasteiger partial charge in [-0.1, -0.05) is 13.3 Å². The van der Waals surface area contributed by atoms with Gasteiger partial charge in [0.25, 0.3) is 0 Å². The maximum atomic E-state index is 12.5. The van der Waals surface area contributed by atoms with E-state index in [9.17, 15) is 4.79 Å². The van der Waals surface area contributed by atoms with Crippen LogP contribution in [0.3, 0.4) is 0 Å². The van der Waals surface area contributed by atoms with E-state index in [0.717, 1.165) is 30.8 Å². The molecule has 90 valence electrons. The van der Waals surface area contributed by atoms with E-state index in [2.05, 4.69) is 11.8 Å². The SMILES string of the molecule is CC1CCCN(C(=O)C2CC3CCC2C3)C1. The highest BCUT2D eigenvalue weighted by Gasteiger charge is 2.44. The van der Waals surface area contributed by atoms with Gasteiger partial charge in [0.15, 0.2) is 0 Å². The molecule has 3 fully saturated rings. The predicted octanol–water partition coefficient (Wildman–Crippen LogP) is 2.68. The van der Waals surface area contributed by atoms with E-state index >= 15 is 0 Å². The van der Waals surface area contributed by atoms with E-state index < -0.39 is 0 Å². The fraction of sp³-hybridized carbons (Fsp3) is 0.929. The highest BCUT2D eigenvalue weighted by molar-refractivity contribution is 5.79. The van der Waals surface area contributed by atoms with Gasteiger partial charge in [0.05, 0.1) is 0 Å². The van der Waals surface area contributed by atoms with Gasteiger partial charge >= 0.3 is 0 Å². The van der Waals surface area contributed by atoms with Gasteiger partial charge in [-0.15, -0.1) is 0 Å². The molecule has 3 aliphatic rings. The zero-order chi connectivity index (χ0) is 11.1. The minimum absolute atomic E-state index is 0.407. The van der Waals surface area contributed by atoms with Crippen molar-refractivity contribution in [3.63, 3.8) is 0 Å². The minimum Gasteiger partial charge on any atom is -0.342 e. The van der Waals surface area contributed by atoms with Crippen molar-refractivity contribution >= 4 is 5.91 Å². The monoisotopic (exact) mass is 221 g/mol. The first kappa shape index (κ1) is 10.6. The Balaban J connectivity index is 1.64. The zero-order valence-corrected chi connectivity index (χ0v) is 10.3. The topological polar surface area (TPSA) is 20.3 Å². The van der Waals surface area contributed by atoms with Crippen LogP contribution in [0.4, 0.5) is 0 Å². The Morgan fingerprint density at radius 1 is 1.19 bits per heavy atom. The third kappa shape index (κ3) is 1.76. The lowest BCUT2D eigenvalue weighted by Crippen LogP contribution is -2.43.